The van der Waals surface area contributed by atoms with Crippen molar-refractivity contribution < 1.29 is 0 Å². The standard InChI is InChI=1S/C13H24N2S/c1-4-11(3)13(9-14)15(5-2)10-12-7-6-8-16-12/h6-8,11,13H,4-5,9-10,14H2,1-3H3. The topological polar surface area (TPSA) is 29.3 Å². The molecule has 0 aromatic carbocycles. The predicted octanol–water partition coefficient (Wildman–Crippen LogP) is 2.94. The molecular formula is C13H24N2S. The number of rotatable bonds is 7. The molecule has 3 heteroatoms. The van der Waals surface area contributed by atoms with E-state index in [1.807, 2.05) is 11.3 Å². The Morgan fingerprint density at radius 1 is 1.44 bits per heavy atom. The molecule has 0 saturated heterocycles. The van der Waals surface area contributed by atoms with Gasteiger partial charge in [-0.25, -0.2) is 0 Å². The molecule has 1 aromatic heterocycles. The second-order valence-corrected chi connectivity index (χ2v) is 5.36. The summed E-state index contributed by atoms with van der Waals surface area (Å²) in [6.45, 7) is 9.64. The monoisotopic (exact) mass is 240 g/mol. The summed E-state index contributed by atoms with van der Waals surface area (Å²) in [5.74, 6) is 0.671. The van der Waals surface area contributed by atoms with Gasteiger partial charge in [-0.15, -0.1) is 11.3 Å². The van der Waals surface area contributed by atoms with Crippen LogP contribution in [0.25, 0.3) is 0 Å². The zero-order valence-corrected chi connectivity index (χ0v) is 11.5. The minimum Gasteiger partial charge on any atom is -0.329 e. The van der Waals surface area contributed by atoms with Crippen molar-refractivity contribution in [1.29, 1.82) is 0 Å². The fourth-order valence-corrected chi connectivity index (χ4v) is 2.81. The Balaban J connectivity index is 2.64. The Morgan fingerprint density at radius 3 is 2.62 bits per heavy atom. The van der Waals surface area contributed by atoms with Crippen LogP contribution in [0.5, 0.6) is 0 Å². The van der Waals surface area contributed by atoms with Crippen LogP contribution in [0.4, 0.5) is 0 Å². The average molecular weight is 240 g/mol. The first-order chi connectivity index (χ1) is 7.72. The van der Waals surface area contributed by atoms with Crippen LogP contribution in [0.3, 0.4) is 0 Å². The van der Waals surface area contributed by atoms with Crippen LogP contribution in [-0.4, -0.2) is 24.0 Å². The lowest BCUT2D eigenvalue weighted by atomic mass is 9.97. The maximum Gasteiger partial charge on any atom is 0.0331 e. The first-order valence-corrected chi connectivity index (χ1v) is 7.07. The van der Waals surface area contributed by atoms with Gasteiger partial charge in [0.1, 0.15) is 0 Å². The summed E-state index contributed by atoms with van der Waals surface area (Å²) in [7, 11) is 0. The molecule has 0 radical (unpaired) electrons. The fourth-order valence-electron chi connectivity index (χ4n) is 2.08. The van der Waals surface area contributed by atoms with E-state index in [-0.39, 0.29) is 0 Å². The summed E-state index contributed by atoms with van der Waals surface area (Å²) in [5, 5.41) is 2.14. The minimum absolute atomic E-state index is 0.511. The van der Waals surface area contributed by atoms with Crippen LogP contribution in [0.2, 0.25) is 0 Å². The Bertz CT molecular complexity index is 271. The SMILES string of the molecule is CCC(C)C(CN)N(CC)Cc1cccs1. The van der Waals surface area contributed by atoms with Crippen molar-refractivity contribution in [3.63, 3.8) is 0 Å². The molecule has 0 saturated carbocycles. The molecule has 2 N–H and O–H groups in total. The third-order valence-electron chi connectivity index (χ3n) is 3.36. The van der Waals surface area contributed by atoms with Gasteiger partial charge in [-0.1, -0.05) is 33.3 Å². The highest BCUT2D eigenvalue weighted by Gasteiger charge is 2.21. The third-order valence-corrected chi connectivity index (χ3v) is 4.22. The van der Waals surface area contributed by atoms with Crippen LogP contribution in [0, 0.1) is 5.92 Å². The normalized spacial score (nSPS) is 15.3. The summed E-state index contributed by atoms with van der Waals surface area (Å²) in [6.07, 6.45) is 1.20. The van der Waals surface area contributed by atoms with E-state index in [0.29, 0.717) is 12.0 Å². The van der Waals surface area contributed by atoms with Gasteiger partial charge >= 0.3 is 0 Å². The summed E-state index contributed by atoms with van der Waals surface area (Å²) in [4.78, 5) is 3.93. The number of likely N-dealkylation sites (N-methyl/N-ethyl adjacent to an activating group) is 1. The molecule has 1 rings (SSSR count). The lowest BCUT2D eigenvalue weighted by Crippen LogP contribution is -2.44. The molecule has 16 heavy (non-hydrogen) atoms. The number of hydrogen-bond acceptors (Lipinski definition) is 3. The van der Waals surface area contributed by atoms with Gasteiger partial charge in [-0.3, -0.25) is 4.90 Å². The highest BCUT2D eigenvalue weighted by molar-refractivity contribution is 7.09. The molecule has 1 heterocycles. The van der Waals surface area contributed by atoms with E-state index in [1.165, 1.54) is 11.3 Å². The Hall–Kier alpha value is -0.380. The van der Waals surface area contributed by atoms with E-state index >= 15 is 0 Å². The highest BCUT2D eigenvalue weighted by Crippen LogP contribution is 2.18. The van der Waals surface area contributed by atoms with Gasteiger partial charge < -0.3 is 5.73 Å². The molecule has 2 nitrogen and oxygen atoms in total. The van der Waals surface area contributed by atoms with Crippen LogP contribution in [-0.2, 0) is 6.54 Å². The summed E-state index contributed by atoms with van der Waals surface area (Å²) in [6, 6.07) is 4.84. The molecule has 2 atom stereocenters. The molecule has 1 aromatic rings. The van der Waals surface area contributed by atoms with Gasteiger partial charge in [-0.2, -0.15) is 0 Å². The molecule has 0 aliphatic carbocycles. The Morgan fingerprint density at radius 2 is 2.19 bits per heavy atom. The highest BCUT2D eigenvalue weighted by atomic mass is 32.1. The maximum absolute atomic E-state index is 5.92. The quantitative estimate of drug-likeness (QED) is 0.794. The lowest BCUT2D eigenvalue weighted by Gasteiger charge is -2.33. The van der Waals surface area contributed by atoms with Gasteiger partial charge in [-0.05, 0) is 23.9 Å². The van der Waals surface area contributed by atoms with Gasteiger partial charge in [0.15, 0.2) is 0 Å². The molecule has 0 aliphatic heterocycles. The molecular weight excluding hydrogens is 216 g/mol. The number of nitrogens with two attached hydrogens (primary N) is 1. The molecule has 0 bridgehead atoms. The second kappa shape index (κ2) is 7.05. The summed E-state index contributed by atoms with van der Waals surface area (Å²) in [5.41, 5.74) is 5.92. The van der Waals surface area contributed by atoms with Gasteiger partial charge in [0.05, 0.1) is 0 Å². The van der Waals surface area contributed by atoms with Gasteiger partial charge in [0.2, 0.25) is 0 Å². The predicted molar refractivity (Wildman–Crippen MR) is 72.7 cm³/mol. The number of nitrogens with zero attached hydrogens (tertiary/aromatic N) is 1. The van der Waals surface area contributed by atoms with Crippen molar-refractivity contribution in [2.24, 2.45) is 11.7 Å². The molecule has 0 fully saturated rings. The van der Waals surface area contributed by atoms with Crippen LogP contribution in [0.15, 0.2) is 17.5 Å². The van der Waals surface area contributed by atoms with Crippen LogP contribution in [0.1, 0.15) is 32.1 Å². The molecule has 0 aliphatic rings. The van der Waals surface area contributed by atoms with Crippen LogP contribution < -0.4 is 5.73 Å². The second-order valence-electron chi connectivity index (χ2n) is 4.33. The fraction of sp³-hybridized carbons (Fsp3) is 0.692. The van der Waals surface area contributed by atoms with Gasteiger partial charge in [0.25, 0.3) is 0 Å². The summed E-state index contributed by atoms with van der Waals surface area (Å²) < 4.78 is 0. The maximum atomic E-state index is 5.92. The zero-order valence-electron chi connectivity index (χ0n) is 10.6. The van der Waals surface area contributed by atoms with Crippen molar-refractivity contribution in [2.45, 2.75) is 39.8 Å². The third kappa shape index (κ3) is 3.58. The van der Waals surface area contributed by atoms with E-state index < -0.39 is 0 Å². The van der Waals surface area contributed by atoms with Crippen LogP contribution >= 0.6 is 11.3 Å². The molecule has 2 unspecified atom stereocenters. The molecule has 0 spiro atoms. The number of hydrogen-bond donors (Lipinski definition) is 1. The molecule has 92 valence electrons. The summed E-state index contributed by atoms with van der Waals surface area (Å²) >= 11 is 1.83. The molecule has 0 amide bonds. The van der Waals surface area contributed by atoms with Gasteiger partial charge in [0, 0.05) is 24.0 Å². The van der Waals surface area contributed by atoms with Crippen molar-refractivity contribution in [3.8, 4) is 0 Å². The van der Waals surface area contributed by atoms with Crippen molar-refractivity contribution in [1.82, 2.24) is 4.90 Å². The van der Waals surface area contributed by atoms with E-state index in [4.69, 9.17) is 5.73 Å². The average Bonchev–Trinajstić information content (AvgIpc) is 2.81. The van der Waals surface area contributed by atoms with E-state index in [2.05, 4.69) is 43.2 Å². The van der Waals surface area contributed by atoms with Crippen molar-refractivity contribution in [3.05, 3.63) is 22.4 Å². The minimum atomic E-state index is 0.511. The largest absolute Gasteiger partial charge is 0.329 e. The lowest BCUT2D eigenvalue weighted by molar-refractivity contribution is 0.151. The zero-order chi connectivity index (χ0) is 12.0. The van der Waals surface area contributed by atoms with E-state index in [1.54, 1.807) is 0 Å². The first kappa shape index (κ1) is 13.7. The smallest absolute Gasteiger partial charge is 0.0331 e. The Labute approximate surface area is 103 Å². The van der Waals surface area contributed by atoms with Crippen molar-refractivity contribution >= 4 is 11.3 Å². The Kier molecular flexibility index (Phi) is 6.03. The first-order valence-electron chi connectivity index (χ1n) is 6.19. The van der Waals surface area contributed by atoms with E-state index in [9.17, 15) is 0 Å². The van der Waals surface area contributed by atoms with E-state index in [0.717, 1.165) is 19.6 Å². The number of thiophene rings is 1. The van der Waals surface area contributed by atoms with Crippen molar-refractivity contribution in [2.75, 3.05) is 13.1 Å².